The number of ether oxygens (including phenoxy) is 1. The van der Waals surface area contributed by atoms with Gasteiger partial charge in [-0.15, -0.1) is 0 Å². The van der Waals surface area contributed by atoms with Crippen LogP contribution in [0.5, 0.6) is 0 Å². The second kappa shape index (κ2) is 6.91. The predicted octanol–water partition coefficient (Wildman–Crippen LogP) is 1.89. The van der Waals surface area contributed by atoms with Crippen LogP contribution in [0, 0.1) is 0 Å². The monoisotopic (exact) mass is 310 g/mol. The van der Waals surface area contributed by atoms with Crippen LogP contribution in [0.1, 0.15) is 31.4 Å². The van der Waals surface area contributed by atoms with Crippen LogP contribution in [0.15, 0.2) is 24.3 Å². The first-order valence-electron chi connectivity index (χ1n) is 7.02. The Morgan fingerprint density at radius 1 is 1.52 bits per heavy atom. The summed E-state index contributed by atoms with van der Waals surface area (Å²) in [6, 6.07) is 6.06. The van der Waals surface area contributed by atoms with E-state index in [2.05, 4.69) is 0 Å². The fraction of sp³-hybridized carbons (Fsp3) is 0.467. The number of esters is 1. The summed E-state index contributed by atoms with van der Waals surface area (Å²) in [6.07, 6.45) is 1.71. The van der Waals surface area contributed by atoms with Gasteiger partial charge in [0.25, 0.3) is 5.91 Å². The molecule has 1 aliphatic heterocycles. The number of likely N-dealkylation sites (tertiary alicyclic amines) is 1. The van der Waals surface area contributed by atoms with Gasteiger partial charge in [0.2, 0.25) is 0 Å². The van der Waals surface area contributed by atoms with Crippen LogP contribution in [0.2, 0.25) is 5.02 Å². The van der Waals surface area contributed by atoms with E-state index in [-0.39, 0.29) is 12.6 Å². The SMILES string of the molecule is CCOC(=O)C(N)C(=O)N1CCCC1c1cccc(Cl)c1. The molecule has 5 nitrogen and oxygen atoms in total. The standard InChI is InChI=1S/C15H19ClN2O3/c1-2-21-15(20)13(17)14(19)18-8-4-7-12(18)10-5-3-6-11(16)9-10/h3,5-6,9,12-13H,2,4,7-8,17H2,1H3. The summed E-state index contributed by atoms with van der Waals surface area (Å²) in [4.78, 5) is 25.7. The van der Waals surface area contributed by atoms with Crippen molar-refractivity contribution in [3.8, 4) is 0 Å². The Balaban J connectivity index is 2.15. The van der Waals surface area contributed by atoms with Gasteiger partial charge in [-0.3, -0.25) is 4.79 Å². The van der Waals surface area contributed by atoms with Crippen LogP contribution < -0.4 is 5.73 Å². The first-order chi connectivity index (χ1) is 10.0. The van der Waals surface area contributed by atoms with Crippen LogP contribution in [0.25, 0.3) is 0 Å². The summed E-state index contributed by atoms with van der Waals surface area (Å²) in [5.74, 6) is -1.07. The van der Waals surface area contributed by atoms with Crippen LogP contribution in [0.3, 0.4) is 0 Å². The highest BCUT2D eigenvalue weighted by Gasteiger charge is 2.35. The summed E-state index contributed by atoms with van der Waals surface area (Å²) in [5, 5.41) is 0.626. The van der Waals surface area contributed by atoms with Gasteiger partial charge in [0, 0.05) is 11.6 Å². The molecule has 0 radical (unpaired) electrons. The lowest BCUT2D eigenvalue weighted by molar-refractivity contribution is -0.151. The van der Waals surface area contributed by atoms with Crippen LogP contribution in [0.4, 0.5) is 0 Å². The van der Waals surface area contributed by atoms with Gasteiger partial charge >= 0.3 is 5.97 Å². The highest BCUT2D eigenvalue weighted by molar-refractivity contribution is 6.30. The van der Waals surface area contributed by atoms with E-state index in [0.717, 1.165) is 18.4 Å². The van der Waals surface area contributed by atoms with E-state index in [0.29, 0.717) is 11.6 Å². The number of benzene rings is 1. The van der Waals surface area contributed by atoms with Crippen molar-refractivity contribution in [2.45, 2.75) is 31.8 Å². The summed E-state index contributed by atoms with van der Waals surface area (Å²) >= 11 is 6.00. The average molecular weight is 311 g/mol. The molecule has 1 heterocycles. The number of amides is 1. The van der Waals surface area contributed by atoms with Crippen molar-refractivity contribution in [1.29, 1.82) is 0 Å². The molecule has 2 rings (SSSR count). The Bertz CT molecular complexity index is 535. The second-order valence-corrected chi connectivity index (χ2v) is 5.41. The smallest absolute Gasteiger partial charge is 0.332 e. The molecule has 0 bridgehead atoms. The van der Waals surface area contributed by atoms with Crippen molar-refractivity contribution < 1.29 is 14.3 Å². The maximum absolute atomic E-state index is 12.4. The molecule has 6 heteroatoms. The molecule has 2 unspecified atom stereocenters. The molecule has 1 amide bonds. The van der Waals surface area contributed by atoms with Crippen LogP contribution >= 0.6 is 11.6 Å². The molecule has 0 saturated carbocycles. The normalized spacial score (nSPS) is 19.4. The molecule has 1 aliphatic rings. The molecule has 2 N–H and O–H groups in total. The third kappa shape index (κ3) is 3.54. The van der Waals surface area contributed by atoms with Crippen molar-refractivity contribution in [3.05, 3.63) is 34.9 Å². The number of hydrogen-bond donors (Lipinski definition) is 1. The number of carbonyl (C=O) groups is 2. The Kier molecular flexibility index (Phi) is 5.20. The fourth-order valence-electron chi connectivity index (χ4n) is 2.60. The van der Waals surface area contributed by atoms with Crippen LogP contribution in [-0.2, 0) is 14.3 Å². The molecule has 0 spiro atoms. The van der Waals surface area contributed by atoms with Gasteiger partial charge in [-0.25, -0.2) is 4.79 Å². The number of hydrogen-bond acceptors (Lipinski definition) is 4. The number of halogens is 1. The minimum absolute atomic E-state index is 0.0864. The molecule has 1 aromatic carbocycles. The van der Waals surface area contributed by atoms with Gasteiger partial charge in [0.05, 0.1) is 12.6 Å². The maximum atomic E-state index is 12.4. The molecule has 21 heavy (non-hydrogen) atoms. The van der Waals surface area contributed by atoms with Crippen molar-refractivity contribution in [1.82, 2.24) is 4.90 Å². The fourth-order valence-corrected chi connectivity index (χ4v) is 2.80. The largest absolute Gasteiger partial charge is 0.464 e. The highest BCUT2D eigenvalue weighted by Crippen LogP contribution is 2.33. The van der Waals surface area contributed by atoms with E-state index in [4.69, 9.17) is 22.1 Å². The summed E-state index contributed by atoms with van der Waals surface area (Å²) < 4.78 is 4.81. The lowest BCUT2D eigenvalue weighted by Crippen LogP contribution is -2.48. The Hall–Kier alpha value is -1.59. The molecular formula is C15H19ClN2O3. The number of rotatable bonds is 4. The lowest BCUT2D eigenvalue weighted by Gasteiger charge is -2.27. The lowest BCUT2D eigenvalue weighted by atomic mass is 10.0. The van der Waals surface area contributed by atoms with Gasteiger partial charge in [-0.05, 0) is 37.5 Å². The zero-order valence-electron chi connectivity index (χ0n) is 11.9. The van der Waals surface area contributed by atoms with Gasteiger partial charge in [0.1, 0.15) is 0 Å². The van der Waals surface area contributed by atoms with E-state index in [1.807, 2.05) is 18.2 Å². The molecule has 1 fully saturated rings. The van der Waals surface area contributed by atoms with Crippen LogP contribution in [-0.4, -0.2) is 36.0 Å². The van der Waals surface area contributed by atoms with Gasteiger partial charge < -0.3 is 15.4 Å². The molecule has 2 atom stereocenters. The van der Waals surface area contributed by atoms with Gasteiger partial charge in [-0.2, -0.15) is 0 Å². The van der Waals surface area contributed by atoms with Crippen molar-refractivity contribution in [2.24, 2.45) is 5.73 Å². The Morgan fingerprint density at radius 3 is 2.95 bits per heavy atom. The number of nitrogens with zero attached hydrogens (tertiary/aromatic N) is 1. The number of nitrogens with two attached hydrogens (primary N) is 1. The third-order valence-corrected chi connectivity index (χ3v) is 3.81. The first-order valence-corrected chi connectivity index (χ1v) is 7.40. The third-order valence-electron chi connectivity index (χ3n) is 3.58. The van der Waals surface area contributed by atoms with E-state index in [1.165, 1.54) is 0 Å². The highest BCUT2D eigenvalue weighted by atomic mass is 35.5. The summed E-state index contributed by atoms with van der Waals surface area (Å²) in [6.45, 7) is 2.47. The Labute approximate surface area is 129 Å². The predicted molar refractivity (Wildman–Crippen MR) is 79.7 cm³/mol. The zero-order chi connectivity index (χ0) is 15.4. The molecule has 1 aromatic rings. The quantitative estimate of drug-likeness (QED) is 0.681. The summed E-state index contributed by atoms with van der Waals surface area (Å²) in [7, 11) is 0. The molecule has 1 saturated heterocycles. The number of carbonyl (C=O) groups excluding carboxylic acids is 2. The van der Waals surface area contributed by atoms with Crippen molar-refractivity contribution >= 4 is 23.5 Å². The van der Waals surface area contributed by atoms with Gasteiger partial charge in [0.15, 0.2) is 6.04 Å². The summed E-state index contributed by atoms with van der Waals surface area (Å²) in [5.41, 5.74) is 6.67. The molecular weight excluding hydrogens is 292 g/mol. The average Bonchev–Trinajstić information content (AvgIpc) is 2.95. The second-order valence-electron chi connectivity index (χ2n) is 4.97. The van der Waals surface area contributed by atoms with E-state index < -0.39 is 17.9 Å². The minimum Gasteiger partial charge on any atom is -0.464 e. The molecule has 114 valence electrons. The van der Waals surface area contributed by atoms with Crippen molar-refractivity contribution in [3.63, 3.8) is 0 Å². The van der Waals surface area contributed by atoms with Crippen molar-refractivity contribution in [2.75, 3.05) is 13.2 Å². The van der Waals surface area contributed by atoms with Gasteiger partial charge in [-0.1, -0.05) is 23.7 Å². The first kappa shape index (κ1) is 15.8. The minimum atomic E-state index is -1.26. The molecule has 0 aliphatic carbocycles. The Morgan fingerprint density at radius 2 is 2.29 bits per heavy atom. The molecule has 0 aromatic heterocycles. The van der Waals surface area contributed by atoms with E-state index in [9.17, 15) is 9.59 Å². The maximum Gasteiger partial charge on any atom is 0.332 e. The topological polar surface area (TPSA) is 72.6 Å². The van der Waals surface area contributed by atoms with E-state index in [1.54, 1.807) is 17.9 Å². The zero-order valence-corrected chi connectivity index (χ0v) is 12.7. The van der Waals surface area contributed by atoms with E-state index >= 15 is 0 Å².